The fraction of sp³-hybridized carbons (Fsp3) is 0.526. The smallest absolute Gasteiger partial charge is 0.414 e. The molecule has 0 radical (unpaired) electrons. The number of aliphatic hydroxyl groups is 4. The lowest BCUT2D eigenvalue weighted by Crippen LogP contribution is -2.56. The van der Waals surface area contributed by atoms with Crippen LogP contribution in [0.2, 0.25) is 0 Å². The molecule has 0 aliphatic carbocycles. The fourth-order valence-corrected chi connectivity index (χ4v) is 8.69. The quantitative estimate of drug-likeness (QED) is 0.220. The van der Waals surface area contributed by atoms with Gasteiger partial charge in [0, 0.05) is 28.2 Å². The summed E-state index contributed by atoms with van der Waals surface area (Å²) < 4.78 is 104. The summed E-state index contributed by atoms with van der Waals surface area (Å²) >= 11 is 2.27. The van der Waals surface area contributed by atoms with Crippen molar-refractivity contribution in [1.29, 1.82) is 0 Å². The van der Waals surface area contributed by atoms with Crippen molar-refractivity contribution in [1.82, 2.24) is 9.80 Å². The minimum absolute atomic E-state index is 0.0117. The van der Waals surface area contributed by atoms with Crippen LogP contribution in [0, 0.1) is 0 Å². The number of alkyl halides is 6. The lowest BCUT2D eigenvalue weighted by Gasteiger charge is -2.39. The van der Waals surface area contributed by atoms with Crippen LogP contribution in [-0.4, -0.2) is 155 Å². The fourth-order valence-electron chi connectivity index (χ4n) is 6.41. The number of halogens is 6. The minimum Gasteiger partial charge on any atom is -0.497 e. The number of rotatable bonds is 8. The number of ether oxygens (including phenoxy) is 4. The molecular formula is C38H46F6N4O8S2. The third-order valence-electron chi connectivity index (χ3n) is 9.57. The summed E-state index contributed by atoms with van der Waals surface area (Å²) in [7, 11) is 9.95. The summed E-state index contributed by atoms with van der Waals surface area (Å²) in [6.45, 7) is 0. The predicted octanol–water partition coefficient (Wildman–Crippen LogP) is 4.41. The second-order valence-corrected chi connectivity index (χ2v) is 16.2. The predicted molar refractivity (Wildman–Crippen MR) is 208 cm³/mol. The maximum atomic E-state index is 13.8. The average Bonchev–Trinajstić information content (AvgIpc) is 3.81. The largest absolute Gasteiger partial charge is 0.497 e. The van der Waals surface area contributed by atoms with E-state index in [2.05, 4.69) is 9.98 Å². The van der Waals surface area contributed by atoms with E-state index in [1.54, 1.807) is 86.5 Å². The van der Waals surface area contributed by atoms with Gasteiger partial charge in [0.05, 0.1) is 25.4 Å². The molecule has 2 aromatic rings. The first kappa shape index (κ1) is 45.6. The van der Waals surface area contributed by atoms with E-state index in [0.29, 0.717) is 33.0 Å². The number of nitrogens with zero attached hydrogens (tertiary/aromatic N) is 4. The van der Waals surface area contributed by atoms with Crippen molar-refractivity contribution in [3.8, 4) is 11.5 Å². The van der Waals surface area contributed by atoms with Crippen molar-refractivity contribution < 1.29 is 65.7 Å². The van der Waals surface area contributed by atoms with Crippen LogP contribution in [-0.2, 0) is 22.3 Å². The third kappa shape index (κ3) is 10.6. The molecule has 320 valence electrons. The summed E-state index contributed by atoms with van der Waals surface area (Å²) in [5.41, 5.74) is -2.35. The Hall–Kier alpha value is -3.50. The maximum Gasteiger partial charge on any atom is 0.414 e. The standard InChI is InChI=1S/2C19H23F3N2O4S/c2*1-24(2)18-23-13-14(25)15(26)16(28-17(13)29-18)12(19(20,21)22)9-6-10-4-7-11(27-3)8-5-10/h2*4-5,7-9,13-17,25-26H,6H2,1-3H3/b12-9+;12-9-/t2*13-,14-,15+,16-,17-/m11/s1. The van der Waals surface area contributed by atoms with Crippen LogP contribution in [0.3, 0.4) is 0 Å². The van der Waals surface area contributed by atoms with E-state index in [4.69, 9.17) is 18.9 Å². The van der Waals surface area contributed by atoms with Crippen molar-refractivity contribution in [3.05, 3.63) is 83.0 Å². The Balaban J connectivity index is 0.000000221. The van der Waals surface area contributed by atoms with Gasteiger partial charge in [-0.1, -0.05) is 59.9 Å². The van der Waals surface area contributed by atoms with Crippen LogP contribution in [0.25, 0.3) is 0 Å². The number of amidine groups is 2. The van der Waals surface area contributed by atoms with Crippen molar-refractivity contribution in [2.24, 2.45) is 9.98 Å². The van der Waals surface area contributed by atoms with Crippen molar-refractivity contribution in [2.75, 3.05) is 42.4 Å². The molecular weight excluding hydrogens is 819 g/mol. The van der Waals surface area contributed by atoms with Crippen molar-refractivity contribution in [2.45, 2.75) is 84.8 Å². The molecule has 2 aromatic carbocycles. The van der Waals surface area contributed by atoms with Gasteiger partial charge in [-0.15, -0.1) is 0 Å². The molecule has 10 atom stereocenters. The average molecular weight is 865 g/mol. The first-order chi connectivity index (χ1) is 27.2. The lowest BCUT2D eigenvalue weighted by atomic mass is 9.92. The Kier molecular flexibility index (Phi) is 14.8. The molecule has 0 aromatic heterocycles. The third-order valence-corrected chi connectivity index (χ3v) is 12.2. The molecule has 58 heavy (non-hydrogen) atoms. The van der Waals surface area contributed by atoms with Gasteiger partial charge in [-0.3, -0.25) is 9.98 Å². The van der Waals surface area contributed by atoms with Gasteiger partial charge < -0.3 is 49.2 Å². The highest BCUT2D eigenvalue weighted by atomic mass is 32.2. The van der Waals surface area contributed by atoms with Gasteiger partial charge in [-0.2, -0.15) is 26.3 Å². The van der Waals surface area contributed by atoms with Gasteiger partial charge >= 0.3 is 12.4 Å². The lowest BCUT2D eigenvalue weighted by molar-refractivity contribution is -0.171. The molecule has 4 aliphatic heterocycles. The van der Waals surface area contributed by atoms with Crippen LogP contribution in [0.1, 0.15) is 11.1 Å². The molecule has 0 unspecified atom stereocenters. The Morgan fingerprint density at radius 3 is 1.22 bits per heavy atom. The molecule has 12 nitrogen and oxygen atoms in total. The van der Waals surface area contributed by atoms with E-state index in [1.165, 1.54) is 14.2 Å². The summed E-state index contributed by atoms with van der Waals surface area (Å²) in [4.78, 5) is 11.9. The van der Waals surface area contributed by atoms with E-state index in [-0.39, 0.29) is 12.8 Å². The zero-order chi connectivity index (χ0) is 42.7. The Labute approximate surface area is 340 Å². The van der Waals surface area contributed by atoms with Gasteiger partial charge in [-0.05, 0) is 48.2 Å². The summed E-state index contributed by atoms with van der Waals surface area (Å²) in [5.74, 6) is 1.20. The SMILES string of the molecule is COc1ccc(C/C=C(/[C@H]2O[C@@H]3SC(N(C)C)=N[C@@H]3[C@@H](O)[C@@H]2O)C(F)(F)F)cc1.COc1ccc(C/C=C(\[C@H]2O[C@@H]3SC(N(C)C)=N[C@@H]3[C@@H](O)[C@@H]2O)C(F)(F)F)cc1. The molecule has 0 amide bonds. The molecule has 6 rings (SSSR count). The van der Waals surface area contributed by atoms with Crippen LogP contribution in [0.5, 0.6) is 11.5 Å². The molecule has 4 heterocycles. The monoisotopic (exact) mass is 864 g/mol. The van der Waals surface area contributed by atoms with Gasteiger partial charge in [0.1, 0.15) is 71.1 Å². The summed E-state index contributed by atoms with van der Waals surface area (Å²) in [6.07, 6.45) is -17.3. The topological polar surface area (TPSA) is 149 Å². The normalized spacial score (nSPS) is 30.0. The second-order valence-electron chi connectivity index (χ2n) is 14.1. The number of allylic oxidation sites excluding steroid dienone is 2. The zero-order valence-electron chi connectivity index (χ0n) is 32.3. The van der Waals surface area contributed by atoms with Gasteiger partial charge in [0.2, 0.25) is 0 Å². The molecule has 4 N–H and O–H groups in total. The Morgan fingerprint density at radius 1 is 0.621 bits per heavy atom. The molecule has 20 heteroatoms. The van der Waals surface area contributed by atoms with Crippen molar-refractivity contribution in [3.63, 3.8) is 0 Å². The number of aliphatic imine (C=N–C) groups is 2. The van der Waals surface area contributed by atoms with Gasteiger partial charge in [0.25, 0.3) is 0 Å². The van der Waals surface area contributed by atoms with E-state index < -0.39 is 83.1 Å². The number of methoxy groups -OCH3 is 2. The molecule has 0 spiro atoms. The number of hydrogen-bond acceptors (Lipinski definition) is 14. The number of aliphatic hydroxyl groups excluding tert-OH is 4. The van der Waals surface area contributed by atoms with Crippen molar-refractivity contribution >= 4 is 33.9 Å². The second kappa shape index (κ2) is 18.8. The van der Waals surface area contributed by atoms with E-state index in [0.717, 1.165) is 35.7 Å². The van der Waals surface area contributed by atoms with Crippen LogP contribution in [0.4, 0.5) is 26.3 Å². The molecule has 2 fully saturated rings. The summed E-state index contributed by atoms with van der Waals surface area (Å²) in [6, 6.07) is 11.6. The highest BCUT2D eigenvalue weighted by Crippen LogP contribution is 2.44. The highest BCUT2D eigenvalue weighted by molar-refractivity contribution is 8.14. The first-order valence-corrected chi connectivity index (χ1v) is 19.7. The van der Waals surface area contributed by atoms with Gasteiger partial charge in [-0.25, -0.2) is 0 Å². The van der Waals surface area contributed by atoms with E-state index >= 15 is 0 Å². The first-order valence-electron chi connectivity index (χ1n) is 17.9. The molecule has 0 saturated carbocycles. The summed E-state index contributed by atoms with van der Waals surface area (Å²) in [5, 5.41) is 42.6. The Morgan fingerprint density at radius 2 is 0.948 bits per heavy atom. The minimum atomic E-state index is -4.72. The van der Waals surface area contributed by atoms with Crippen LogP contribution in [0.15, 0.2) is 81.8 Å². The number of fused-ring (bicyclic) bond motifs is 2. The molecule has 4 aliphatic rings. The molecule has 2 saturated heterocycles. The zero-order valence-corrected chi connectivity index (χ0v) is 33.9. The van der Waals surface area contributed by atoms with E-state index in [9.17, 15) is 46.8 Å². The van der Waals surface area contributed by atoms with Crippen LogP contribution < -0.4 is 9.47 Å². The van der Waals surface area contributed by atoms with Gasteiger partial charge in [0.15, 0.2) is 10.3 Å². The van der Waals surface area contributed by atoms with Crippen LogP contribution >= 0.6 is 23.5 Å². The maximum absolute atomic E-state index is 13.8. The number of benzene rings is 2. The molecule has 0 bridgehead atoms. The highest BCUT2D eigenvalue weighted by Gasteiger charge is 2.55. The Bertz CT molecular complexity index is 1700. The van der Waals surface area contributed by atoms with E-state index in [1.807, 2.05) is 0 Å². The number of thioether (sulfide) groups is 2. The number of hydrogen-bond donors (Lipinski definition) is 4.